The van der Waals surface area contributed by atoms with E-state index in [9.17, 15) is 62.9 Å². The van der Waals surface area contributed by atoms with Crippen LogP contribution in [0.3, 0.4) is 0 Å². The van der Waals surface area contributed by atoms with Crippen molar-refractivity contribution in [3.8, 4) is 0 Å². The zero-order chi connectivity index (χ0) is 41.1. The van der Waals surface area contributed by atoms with E-state index in [0.29, 0.717) is 63.3 Å². The fourth-order valence-electron chi connectivity index (χ4n) is 6.64. The molecule has 0 saturated carbocycles. The van der Waals surface area contributed by atoms with Gasteiger partial charge in [-0.2, -0.15) is 52.7 Å². The highest BCUT2D eigenvalue weighted by molar-refractivity contribution is 5.87. The molecule has 2 aromatic heterocycles. The Balaban J connectivity index is 1.03. The van der Waals surface area contributed by atoms with Crippen molar-refractivity contribution < 1.29 is 62.9 Å². The lowest BCUT2D eigenvalue weighted by Gasteiger charge is -2.34. The molecule has 56 heavy (non-hydrogen) atoms. The van der Waals surface area contributed by atoms with Gasteiger partial charge in [0.25, 0.3) is 0 Å². The Kier molecular flexibility index (Phi) is 13.4. The van der Waals surface area contributed by atoms with Gasteiger partial charge in [-0.05, 0) is 74.4 Å². The van der Waals surface area contributed by atoms with Crippen molar-refractivity contribution in [1.82, 2.24) is 30.4 Å². The van der Waals surface area contributed by atoms with Crippen molar-refractivity contribution >= 4 is 21.8 Å². The maximum atomic E-state index is 13.5. The molecule has 0 bridgehead atoms. The third kappa shape index (κ3) is 10.8. The molecule has 1 fully saturated rings. The van der Waals surface area contributed by atoms with Crippen LogP contribution in [0.2, 0.25) is 0 Å². The van der Waals surface area contributed by atoms with Crippen LogP contribution >= 0.6 is 0 Å². The van der Waals surface area contributed by atoms with Crippen molar-refractivity contribution in [3.63, 3.8) is 0 Å². The number of alkyl halides is 12. The fourth-order valence-corrected chi connectivity index (χ4v) is 6.64. The van der Waals surface area contributed by atoms with Gasteiger partial charge < -0.3 is 30.6 Å². The molecule has 0 amide bonds. The summed E-state index contributed by atoms with van der Waals surface area (Å²) < 4.78 is 162. The molecule has 1 aliphatic rings. The van der Waals surface area contributed by atoms with E-state index in [4.69, 9.17) is 0 Å². The first-order valence-electron chi connectivity index (χ1n) is 17.5. The largest absolute Gasteiger partial charge is 0.433 e. The summed E-state index contributed by atoms with van der Waals surface area (Å²) in [5, 5.41) is 26.9. The number of piperazine rings is 1. The van der Waals surface area contributed by atoms with E-state index in [0.717, 1.165) is 38.3 Å². The fraction of sp³-hybridized carbons (Fsp3) is 0.500. The second-order valence-corrected chi connectivity index (χ2v) is 13.4. The van der Waals surface area contributed by atoms with Crippen molar-refractivity contribution in [1.29, 1.82) is 0 Å². The van der Waals surface area contributed by atoms with Crippen LogP contribution in [0.5, 0.6) is 0 Å². The average Bonchev–Trinajstić information content (AvgIpc) is 3.11. The minimum Gasteiger partial charge on any atom is -0.387 e. The molecule has 20 heteroatoms. The Morgan fingerprint density at radius 3 is 1.23 bits per heavy atom. The summed E-state index contributed by atoms with van der Waals surface area (Å²) in [5.41, 5.74) is -8.20. The molecule has 0 unspecified atom stereocenters. The predicted octanol–water partition coefficient (Wildman–Crippen LogP) is 7.20. The monoisotopic (exact) mass is 814 g/mol. The Bertz CT molecular complexity index is 1800. The van der Waals surface area contributed by atoms with Gasteiger partial charge in [0, 0.05) is 50.0 Å². The molecule has 3 heterocycles. The summed E-state index contributed by atoms with van der Waals surface area (Å²) in [7, 11) is 0. The Morgan fingerprint density at radius 2 is 0.911 bits per heavy atom. The first-order valence-corrected chi connectivity index (χ1v) is 17.5. The number of halogens is 12. The molecular formula is C36H38F12N6O2. The van der Waals surface area contributed by atoms with Crippen LogP contribution in [0.25, 0.3) is 21.8 Å². The molecule has 308 valence electrons. The van der Waals surface area contributed by atoms with Crippen molar-refractivity contribution in [2.75, 3.05) is 65.4 Å². The smallest absolute Gasteiger partial charge is 0.387 e. The molecule has 5 rings (SSSR count). The van der Waals surface area contributed by atoms with Crippen LogP contribution in [0.4, 0.5) is 52.7 Å². The van der Waals surface area contributed by atoms with E-state index < -0.39 is 70.5 Å². The van der Waals surface area contributed by atoms with Gasteiger partial charge in [-0.25, -0.2) is 9.97 Å². The summed E-state index contributed by atoms with van der Waals surface area (Å²) in [5.74, 6) is 0. The third-order valence-corrected chi connectivity index (χ3v) is 9.45. The van der Waals surface area contributed by atoms with Crippen LogP contribution in [0.15, 0.2) is 48.5 Å². The number of fused-ring (bicyclic) bond motifs is 2. The summed E-state index contributed by atoms with van der Waals surface area (Å²) >= 11 is 0. The normalized spacial score (nSPS) is 16.5. The lowest BCUT2D eigenvalue weighted by atomic mass is 9.99. The highest BCUT2D eigenvalue weighted by Crippen LogP contribution is 2.40. The molecular weight excluding hydrogens is 776 g/mol. The van der Waals surface area contributed by atoms with Crippen LogP contribution in [0, 0.1) is 0 Å². The lowest BCUT2D eigenvalue weighted by molar-refractivity contribution is -0.142. The molecule has 8 nitrogen and oxygen atoms in total. The maximum absolute atomic E-state index is 13.5. The van der Waals surface area contributed by atoms with Gasteiger partial charge in [0.15, 0.2) is 0 Å². The number of pyridine rings is 2. The molecule has 0 spiro atoms. The van der Waals surface area contributed by atoms with E-state index >= 15 is 0 Å². The number of hydrogen-bond donors (Lipinski definition) is 4. The second-order valence-electron chi connectivity index (χ2n) is 13.4. The molecule has 4 aromatic rings. The minimum atomic E-state index is -5.04. The number of aliphatic hydroxyl groups is 2. The lowest BCUT2D eigenvalue weighted by Crippen LogP contribution is -2.47. The first kappa shape index (κ1) is 43.3. The van der Waals surface area contributed by atoms with E-state index in [1.54, 1.807) is 0 Å². The highest BCUT2D eigenvalue weighted by Gasteiger charge is 2.39. The molecule has 0 aliphatic carbocycles. The van der Waals surface area contributed by atoms with Crippen LogP contribution in [-0.2, 0) is 24.7 Å². The zero-order valence-corrected chi connectivity index (χ0v) is 29.5. The van der Waals surface area contributed by atoms with Crippen LogP contribution in [0.1, 0.15) is 58.7 Å². The molecule has 4 N–H and O–H groups in total. The van der Waals surface area contributed by atoms with Crippen molar-refractivity contribution in [2.45, 2.75) is 49.8 Å². The van der Waals surface area contributed by atoms with Gasteiger partial charge in [-0.15, -0.1) is 0 Å². The predicted molar refractivity (Wildman–Crippen MR) is 181 cm³/mol. The molecule has 0 radical (unpaired) electrons. The second kappa shape index (κ2) is 17.4. The standard InChI is InChI=1S/C36H38F12N6O2/c37-33(38,39)25-7-1-5-21-23(17-29(35(43,44)45)51-31(21)25)27(55)19-49-9-3-11-53-13-15-54(16-14-53)12-4-10-50-20-28(56)24-18-30(36(46,47)48)52-32-22(24)6-2-8-26(32)34(40,41)42/h1-2,5-8,17-18,27-28,49-50,55-56H,3-4,9-16,19-20H2/t27-,28-/m0/s1. The quantitative estimate of drug-likeness (QED) is 0.0785. The van der Waals surface area contributed by atoms with Gasteiger partial charge in [-0.3, -0.25) is 0 Å². The van der Waals surface area contributed by atoms with Gasteiger partial charge in [-0.1, -0.05) is 24.3 Å². The number of benzene rings is 2. The van der Waals surface area contributed by atoms with E-state index in [2.05, 4.69) is 30.4 Å². The minimum absolute atomic E-state index is 0.210. The summed E-state index contributed by atoms with van der Waals surface area (Å²) in [6.45, 7) is 4.51. The molecule has 1 aliphatic heterocycles. The summed E-state index contributed by atoms with van der Waals surface area (Å²) in [4.78, 5) is 10.8. The van der Waals surface area contributed by atoms with Gasteiger partial charge >= 0.3 is 24.7 Å². The molecule has 2 atom stereocenters. The number of nitrogens with zero attached hydrogens (tertiary/aromatic N) is 4. The van der Waals surface area contributed by atoms with Crippen molar-refractivity contribution in [3.05, 3.63) is 82.2 Å². The summed E-state index contributed by atoms with van der Waals surface area (Å²) in [6, 6.07) is 6.84. The third-order valence-electron chi connectivity index (χ3n) is 9.45. The number of aromatic nitrogens is 2. The van der Waals surface area contributed by atoms with Gasteiger partial charge in [0.05, 0.1) is 34.4 Å². The van der Waals surface area contributed by atoms with Crippen LogP contribution in [-0.4, -0.2) is 95.4 Å². The Hall–Kier alpha value is -3.82. The Labute approximate surface area is 312 Å². The first-order chi connectivity index (χ1) is 26.1. The van der Waals surface area contributed by atoms with E-state index in [1.807, 2.05) is 0 Å². The maximum Gasteiger partial charge on any atom is 0.433 e. The zero-order valence-electron chi connectivity index (χ0n) is 29.5. The van der Waals surface area contributed by atoms with Gasteiger partial charge in [0.1, 0.15) is 11.4 Å². The van der Waals surface area contributed by atoms with Crippen LogP contribution < -0.4 is 10.6 Å². The number of para-hydroxylation sites is 2. The summed E-state index contributed by atoms with van der Waals surface area (Å²) in [6.07, 6.45) is -21.9. The Morgan fingerprint density at radius 1 is 0.554 bits per heavy atom. The number of rotatable bonds is 14. The van der Waals surface area contributed by atoms with Gasteiger partial charge in [0.2, 0.25) is 0 Å². The average molecular weight is 815 g/mol. The van der Waals surface area contributed by atoms with E-state index in [-0.39, 0.29) is 35.0 Å². The topological polar surface area (TPSA) is 96.8 Å². The SMILES string of the molecule is O[C@@H](CNCCCN1CCN(CCCNC[C@H](O)c2cc(C(F)(F)F)nc3c(C(F)(F)F)cccc23)CC1)c1cc(C(F)(F)F)nc2c(C(F)(F)F)cccc12. The number of hydrogen-bond acceptors (Lipinski definition) is 8. The molecule has 2 aromatic carbocycles. The molecule has 1 saturated heterocycles. The number of aliphatic hydroxyl groups excluding tert-OH is 2. The van der Waals surface area contributed by atoms with Crippen molar-refractivity contribution in [2.24, 2.45) is 0 Å². The highest BCUT2D eigenvalue weighted by atomic mass is 19.4. The van der Waals surface area contributed by atoms with E-state index in [1.165, 1.54) is 12.1 Å². The number of nitrogens with one attached hydrogen (secondary N) is 2.